The highest BCUT2D eigenvalue weighted by molar-refractivity contribution is 5.76. The zero-order valence-electron chi connectivity index (χ0n) is 14.4. The van der Waals surface area contributed by atoms with Crippen LogP contribution >= 0.6 is 0 Å². The molecule has 1 N–H and O–H groups in total. The summed E-state index contributed by atoms with van der Waals surface area (Å²) in [7, 11) is 5.44. The van der Waals surface area contributed by atoms with Crippen LogP contribution in [0.1, 0.15) is 24.8 Å². The molecule has 1 heterocycles. The summed E-state index contributed by atoms with van der Waals surface area (Å²) in [4.78, 5) is 14.4. The van der Waals surface area contributed by atoms with Crippen LogP contribution in [0.5, 0.6) is 11.5 Å². The number of rotatable bonds is 7. The molecule has 1 aromatic rings. The quantitative estimate of drug-likeness (QED) is 0.836. The van der Waals surface area contributed by atoms with E-state index in [0.717, 1.165) is 49.4 Å². The zero-order valence-corrected chi connectivity index (χ0v) is 14.4. The first-order chi connectivity index (χ1) is 11.1. The number of carbonyl (C=O) groups is 1. The predicted octanol–water partition coefficient (Wildman–Crippen LogP) is 2.09. The van der Waals surface area contributed by atoms with Crippen LogP contribution in [0.2, 0.25) is 0 Å². The number of carbonyl (C=O) groups excluding carboxylic acids is 1. The first kappa shape index (κ1) is 17.6. The van der Waals surface area contributed by atoms with Gasteiger partial charge < -0.3 is 19.7 Å². The highest BCUT2D eigenvalue weighted by Crippen LogP contribution is 2.24. The van der Waals surface area contributed by atoms with Crippen LogP contribution in [0.15, 0.2) is 18.2 Å². The van der Waals surface area contributed by atoms with Crippen molar-refractivity contribution < 1.29 is 14.3 Å². The van der Waals surface area contributed by atoms with Gasteiger partial charge in [-0.2, -0.15) is 0 Å². The summed E-state index contributed by atoms with van der Waals surface area (Å²) >= 11 is 0. The van der Waals surface area contributed by atoms with Crippen LogP contribution in [0.3, 0.4) is 0 Å². The Morgan fingerprint density at radius 1 is 1.26 bits per heavy atom. The molecule has 1 aliphatic heterocycles. The van der Waals surface area contributed by atoms with Crippen molar-refractivity contribution in [3.05, 3.63) is 23.8 Å². The number of piperidine rings is 1. The fourth-order valence-electron chi connectivity index (χ4n) is 3.01. The van der Waals surface area contributed by atoms with Gasteiger partial charge in [-0.15, -0.1) is 0 Å². The molecule has 23 heavy (non-hydrogen) atoms. The lowest BCUT2D eigenvalue weighted by Crippen LogP contribution is -2.34. The maximum atomic E-state index is 12.1. The number of hydrogen-bond donors (Lipinski definition) is 1. The minimum absolute atomic E-state index is 0.154. The Labute approximate surface area is 139 Å². The number of amides is 1. The second kappa shape index (κ2) is 8.77. The summed E-state index contributed by atoms with van der Waals surface area (Å²) in [6, 6.07) is 5.73. The fraction of sp³-hybridized carbons (Fsp3) is 0.611. The Bertz CT molecular complexity index is 511. The first-order valence-corrected chi connectivity index (χ1v) is 8.28. The third-order valence-corrected chi connectivity index (χ3v) is 4.52. The molecule has 0 radical (unpaired) electrons. The summed E-state index contributed by atoms with van der Waals surface area (Å²) in [6.07, 6.45) is 3.61. The van der Waals surface area contributed by atoms with Gasteiger partial charge >= 0.3 is 0 Å². The molecule has 0 atom stereocenters. The standard InChI is InChI=1S/C18H28N2O3/c1-20-10-7-14(8-11-20)12-18(21)19-9-6-15-13-16(22-2)4-5-17(15)23-3/h4-5,13-14H,6-12H2,1-3H3,(H,19,21). The van der Waals surface area contributed by atoms with E-state index in [1.54, 1.807) is 14.2 Å². The molecule has 0 saturated carbocycles. The molecule has 0 unspecified atom stereocenters. The number of benzene rings is 1. The zero-order chi connectivity index (χ0) is 16.7. The lowest BCUT2D eigenvalue weighted by molar-refractivity contribution is -0.122. The van der Waals surface area contributed by atoms with Crippen LogP contribution in [0.25, 0.3) is 0 Å². The molecule has 0 spiro atoms. The van der Waals surface area contributed by atoms with E-state index < -0.39 is 0 Å². The van der Waals surface area contributed by atoms with Crippen molar-refractivity contribution >= 4 is 5.91 Å². The van der Waals surface area contributed by atoms with Gasteiger partial charge in [0.25, 0.3) is 0 Å². The summed E-state index contributed by atoms with van der Waals surface area (Å²) in [5.41, 5.74) is 1.05. The number of methoxy groups -OCH3 is 2. The van der Waals surface area contributed by atoms with Gasteiger partial charge in [-0.1, -0.05) is 0 Å². The normalized spacial score (nSPS) is 16.1. The topological polar surface area (TPSA) is 50.8 Å². The molecule has 128 valence electrons. The summed E-state index contributed by atoms with van der Waals surface area (Å²) in [5, 5.41) is 3.03. The van der Waals surface area contributed by atoms with Crippen LogP contribution in [-0.2, 0) is 11.2 Å². The molecule has 1 fully saturated rings. The molecule has 1 saturated heterocycles. The van der Waals surface area contributed by atoms with E-state index in [2.05, 4.69) is 17.3 Å². The highest BCUT2D eigenvalue weighted by atomic mass is 16.5. The molecule has 1 amide bonds. The monoisotopic (exact) mass is 320 g/mol. The second-order valence-corrected chi connectivity index (χ2v) is 6.23. The number of hydrogen-bond acceptors (Lipinski definition) is 4. The van der Waals surface area contributed by atoms with Crippen molar-refractivity contribution in [1.29, 1.82) is 0 Å². The highest BCUT2D eigenvalue weighted by Gasteiger charge is 2.19. The van der Waals surface area contributed by atoms with Crippen molar-refractivity contribution in [2.75, 3.05) is 40.9 Å². The van der Waals surface area contributed by atoms with Crippen molar-refractivity contribution in [3.8, 4) is 11.5 Å². The smallest absolute Gasteiger partial charge is 0.220 e. The van der Waals surface area contributed by atoms with E-state index in [1.165, 1.54) is 0 Å². The van der Waals surface area contributed by atoms with Crippen molar-refractivity contribution in [3.63, 3.8) is 0 Å². The van der Waals surface area contributed by atoms with Crippen LogP contribution in [-0.4, -0.2) is 51.7 Å². The van der Waals surface area contributed by atoms with Gasteiger partial charge in [0, 0.05) is 13.0 Å². The van der Waals surface area contributed by atoms with Gasteiger partial charge in [0.15, 0.2) is 0 Å². The van der Waals surface area contributed by atoms with Crippen LogP contribution in [0, 0.1) is 5.92 Å². The first-order valence-electron chi connectivity index (χ1n) is 8.28. The Kier molecular flexibility index (Phi) is 6.71. The Balaban J connectivity index is 1.77. The van der Waals surface area contributed by atoms with Gasteiger partial charge in [0.05, 0.1) is 14.2 Å². The van der Waals surface area contributed by atoms with Crippen molar-refractivity contribution in [2.45, 2.75) is 25.7 Å². The molecule has 1 aliphatic rings. The molecule has 2 rings (SSSR count). The largest absolute Gasteiger partial charge is 0.497 e. The van der Waals surface area contributed by atoms with E-state index in [1.807, 2.05) is 18.2 Å². The molecular formula is C18H28N2O3. The van der Waals surface area contributed by atoms with Gasteiger partial charge in [-0.3, -0.25) is 4.79 Å². The van der Waals surface area contributed by atoms with Gasteiger partial charge in [-0.25, -0.2) is 0 Å². The van der Waals surface area contributed by atoms with E-state index in [4.69, 9.17) is 9.47 Å². The summed E-state index contributed by atoms with van der Waals surface area (Å²) in [5.74, 6) is 2.31. The SMILES string of the molecule is COc1ccc(OC)c(CCNC(=O)CC2CCN(C)CC2)c1. The lowest BCUT2D eigenvalue weighted by Gasteiger charge is -2.28. The Morgan fingerprint density at radius 3 is 2.65 bits per heavy atom. The number of nitrogens with zero attached hydrogens (tertiary/aromatic N) is 1. The molecule has 5 nitrogen and oxygen atoms in total. The van der Waals surface area contributed by atoms with Crippen molar-refractivity contribution in [1.82, 2.24) is 10.2 Å². The number of likely N-dealkylation sites (tertiary alicyclic amines) is 1. The van der Waals surface area contributed by atoms with E-state index >= 15 is 0 Å². The van der Waals surface area contributed by atoms with E-state index in [0.29, 0.717) is 18.9 Å². The third-order valence-electron chi connectivity index (χ3n) is 4.52. The Hall–Kier alpha value is -1.75. The minimum atomic E-state index is 0.154. The maximum Gasteiger partial charge on any atom is 0.220 e. The number of ether oxygens (including phenoxy) is 2. The summed E-state index contributed by atoms with van der Waals surface area (Å²) < 4.78 is 10.6. The van der Waals surface area contributed by atoms with Crippen molar-refractivity contribution in [2.24, 2.45) is 5.92 Å². The molecule has 0 bridgehead atoms. The molecule has 5 heteroatoms. The molecule has 1 aromatic carbocycles. The van der Waals surface area contributed by atoms with Gasteiger partial charge in [0.2, 0.25) is 5.91 Å². The third kappa shape index (κ3) is 5.43. The average molecular weight is 320 g/mol. The lowest BCUT2D eigenvalue weighted by atomic mass is 9.93. The molecule has 0 aromatic heterocycles. The number of nitrogens with one attached hydrogen (secondary N) is 1. The minimum Gasteiger partial charge on any atom is -0.497 e. The van der Waals surface area contributed by atoms with Gasteiger partial charge in [0.1, 0.15) is 11.5 Å². The second-order valence-electron chi connectivity index (χ2n) is 6.23. The maximum absolute atomic E-state index is 12.1. The molecule has 0 aliphatic carbocycles. The van der Waals surface area contributed by atoms with Crippen LogP contribution < -0.4 is 14.8 Å². The fourth-order valence-corrected chi connectivity index (χ4v) is 3.01. The van der Waals surface area contributed by atoms with E-state index in [9.17, 15) is 4.79 Å². The average Bonchev–Trinajstić information content (AvgIpc) is 2.57. The Morgan fingerprint density at radius 2 is 2.00 bits per heavy atom. The van der Waals surface area contributed by atoms with Crippen LogP contribution in [0.4, 0.5) is 0 Å². The predicted molar refractivity (Wildman–Crippen MR) is 91.1 cm³/mol. The van der Waals surface area contributed by atoms with Gasteiger partial charge in [-0.05, 0) is 69.1 Å². The molecular weight excluding hydrogens is 292 g/mol. The summed E-state index contributed by atoms with van der Waals surface area (Å²) in [6.45, 7) is 2.81. The van der Waals surface area contributed by atoms with E-state index in [-0.39, 0.29) is 5.91 Å².